The molecule has 0 spiro atoms. The summed E-state index contributed by atoms with van der Waals surface area (Å²) in [4.78, 5) is 25.2. The van der Waals surface area contributed by atoms with Gasteiger partial charge in [-0.15, -0.1) is 0 Å². The molecular weight excluding hydrogens is 296 g/mol. The number of nitrogen functional groups attached to an aromatic ring is 1. The number of ether oxygens (including phenoxy) is 2. The molecule has 6 nitrogen and oxygen atoms in total. The Kier molecular flexibility index (Phi) is 6.98. The molecule has 116 valence electrons. The lowest BCUT2D eigenvalue weighted by Gasteiger charge is -2.22. The van der Waals surface area contributed by atoms with Crippen molar-refractivity contribution in [3.05, 3.63) is 28.8 Å². The van der Waals surface area contributed by atoms with Crippen LogP contribution in [0.5, 0.6) is 0 Å². The summed E-state index contributed by atoms with van der Waals surface area (Å²) >= 11 is 6.03. The number of carbonyl (C=O) groups is 2. The van der Waals surface area contributed by atoms with E-state index in [1.807, 2.05) is 0 Å². The van der Waals surface area contributed by atoms with Crippen molar-refractivity contribution in [3.8, 4) is 0 Å². The monoisotopic (exact) mass is 314 g/mol. The number of hydrogen-bond donors (Lipinski definition) is 1. The molecule has 0 aliphatic carbocycles. The lowest BCUT2D eigenvalue weighted by molar-refractivity contribution is -0.140. The number of esters is 1. The van der Waals surface area contributed by atoms with Gasteiger partial charge in [0.1, 0.15) is 0 Å². The number of methoxy groups -OCH3 is 2. The van der Waals surface area contributed by atoms with Crippen LogP contribution in [0.25, 0.3) is 0 Å². The molecule has 0 aromatic heterocycles. The Labute approximate surface area is 128 Å². The first-order valence-corrected chi connectivity index (χ1v) is 6.77. The standard InChI is InChI=1S/C14H19ClN2O4/c1-20-8-7-17(6-5-13(18)21-2)14(19)11-9-10(16)3-4-12(11)15/h3-4,9H,5-8,16H2,1-2H3. The first-order valence-electron chi connectivity index (χ1n) is 6.39. The summed E-state index contributed by atoms with van der Waals surface area (Å²) in [6, 6.07) is 4.70. The van der Waals surface area contributed by atoms with Crippen molar-refractivity contribution in [3.63, 3.8) is 0 Å². The molecular formula is C14H19ClN2O4. The molecule has 21 heavy (non-hydrogen) atoms. The van der Waals surface area contributed by atoms with Gasteiger partial charge in [0.2, 0.25) is 0 Å². The van der Waals surface area contributed by atoms with Crippen molar-refractivity contribution in [1.29, 1.82) is 0 Å². The summed E-state index contributed by atoms with van der Waals surface area (Å²) in [5, 5.41) is 0.315. The number of amides is 1. The summed E-state index contributed by atoms with van der Waals surface area (Å²) in [5.74, 6) is -0.683. The van der Waals surface area contributed by atoms with Crippen LogP contribution < -0.4 is 5.73 Å². The number of nitrogens with two attached hydrogens (primary N) is 1. The number of benzene rings is 1. The van der Waals surface area contributed by atoms with Gasteiger partial charge >= 0.3 is 5.97 Å². The van der Waals surface area contributed by atoms with Crippen molar-refractivity contribution in [2.75, 3.05) is 39.6 Å². The van der Waals surface area contributed by atoms with E-state index in [-0.39, 0.29) is 24.8 Å². The van der Waals surface area contributed by atoms with Crippen LogP contribution in [0, 0.1) is 0 Å². The zero-order valence-electron chi connectivity index (χ0n) is 12.1. The number of nitrogens with zero attached hydrogens (tertiary/aromatic N) is 1. The average Bonchev–Trinajstić information content (AvgIpc) is 2.48. The Bertz CT molecular complexity index is 508. The van der Waals surface area contributed by atoms with Crippen LogP contribution in [0.15, 0.2) is 18.2 Å². The molecule has 2 N–H and O–H groups in total. The second-order valence-corrected chi connectivity index (χ2v) is 4.76. The lowest BCUT2D eigenvalue weighted by atomic mass is 10.1. The number of halogens is 1. The molecule has 0 unspecified atom stereocenters. The highest BCUT2D eigenvalue weighted by atomic mass is 35.5. The Morgan fingerprint density at radius 2 is 2.00 bits per heavy atom. The smallest absolute Gasteiger partial charge is 0.307 e. The minimum absolute atomic E-state index is 0.103. The number of rotatable bonds is 7. The molecule has 0 radical (unpaired) electrons. The van der Waals surface area contributed by atoms with E-state index in [1.54, 1.807) is 12.1 Å². The fourth-order valence-electron chi connectivity index (χ4n) is 1.72. The highest BCUT2D eigenvalue weighted by molar-refractivity contribution is 6.34. The van der Waals surface area contributed by atoms with Crippen molar-refractivity contribution >= 4 is 29.2 Å². The summed E-state index contributed by atoms with van der Waals surface area (Å²) in [6.07, 6.45) is 0.103. The van der Waals surface area contributed by atoms with Crippen LogP contribution in [0.2, 0.25) is 5.02 Å². The Morgan fingerprint density at radius 1 is 1.29 bits per heavy atom. The molecule has 7 heteroatoms. The zero-order valence-corrected chi connectivity index (χ0v) is 12.9. The van der Waals surface area contributed by atoms with Gasteiger partial charge in [-0.25, -0.2) is 0 Å². The molecule has 0 fully saturated rings. The van der Waals surface area contributed by atoms with Gasteiger partial charge in [-0.05, 0) is 18.2 Å². The third-order valence-corrected chi connectivity index (χ3v) is 3.22. The highest BCUT2D eigenvalue weighted by Crippen LogP contribution is 2.20. The van der Waals surface area contributed by atoms with E-state index >= 15 is 0 Å². The molecule has 0 aliphatic heterocycles. The van der Waals surface area contributed by atoms with Crippen LogP contribution in [0.1, 0.15) is 16.8 Å². The van der Waals surface area contributed by atoms with Gasteiger partial charge < -0.3 is 20.1 Å². The van der Waals surface area contributed by atoms with E-state index in [0.717, 1.165) is 0 Å². The molecule has 1 aromatic carbocycles. The maximum absolute atomic E-state index is 12.5. The Balaban J connectivity index is 2.87. The van der Waals surface area contributed by atoms with E-state index in [1.165, 1.54) is 25.2 Å². The molecule has 1 amide bonds. The molecule has 0 saturated carbocycles. The van der Waals surface area contributed by atoms with Gasteiger partial charge in [-0.2, -0.15) is 0 Å². The SMILES string of the molecule is COCCN(CCC(=O)OC)C(=O)c1cc(N)ccc1Cl. The summed E-state index contributed by atoms with van der Waals surface area (Å²) in [6.45, 7) is 0.921. The lowest BCUT2D eigenvalue weighted by Crippen LogP contribution is -2.36. The quantitative estimate of drug-likeness (QED) is 0.610. The van der Waals surface area contributed by atoms with Crippen molar-refractivity contribution in [2.45, 2.75) is 6.42 Å². The summed E-state index contributed by atoms with van der Waals surface area (Å²) in [5.41, 5.74) is 6.43. The first kappa shape index (κ1) is 17.3. The Morgan fingerprint density at radius 3 is 2.62 bits per heavy atom. The predicted molar refractivity (Wildman–Crippen MR) is 80.3 cm³/mol. The molecule has 0 heterocycles. The van der Waals surface area contributed by atoms with Gasteiger partial charge in [-0.1, -0.05) is 11.6 Å². The van der Waals surface area contributed by atoms with Gasteiger partial charge in [0.15, 0.2) is 0 Å². The number of anilines is 1. The average molecular weight is 315 g/mol. The van der Waals surface area contributed by atoms with Crippen LogP contribution in [-0.2, 0) is 14.3 Å². The molecule has 0 aliphatic rings. The predicted octanol–water partition coefficient (Wildman–Crippen LogP) is 1.57. The Hall–Kier alpha value is -1.79. The molecule has 0 atom stereocenters. The van der Waals surface area contributed by atoms with Crippen molar-refractivity contribution in [2.24, 2.45) is 0 Å². The van der Waals surface area contributed by atoms with Crippen LogP contribution in [-0.4, -0.2) is 50.7 Å². The van der Waals surface area contributed by atoms with Crippen molar-refractivity contribution in [1.82, 2.24) is 4.90 Å². The fourth-order valence-corrected chi connectivity index (χ4v) is 1.92. The molecule has 1 rings (SSSR count). The largest absolute Gasteiger partial charge is 0.469 e. The summed E-state index contributed by atoms with van der Waals surface area (Å²) < 4.78 is 9.56. The maximum Gasteiger partial charge on any atom is 0.307 e. The highest BCUT2D eigenvalue weighted by Gasteiger charge is 2.19. The molecule has 1 aromatic rings. The first-order chi connectivity index (χ1) is 9.99. The normalized spacial score (nSPS) is 10.2. The maximum atomic E-state index is 12.5. The minimum Gasteiger partial charge on any atom is -0.469 e. The van der Waals surface area contributed by atoms with E-state index < -0.39 is 0 Å². The van der Waals surface area contributed by atoms with Crippen molar-refractivity contribution < 1.29 is 19.1 Å². The van der Waals surface area contributed by atoms with Gasteiger partial charge in [0.25, 0.3) is 5.91 Å². The molecule has 0 bridgehead atoms. The van der Waals surface area contributed by atoms with Crippen LogP contribution in [0.3, 0.4) is 0 Å². The molecule has 0 saturated heterocycles. The van der Waals surface area contributed by atoms with Gasteiger partial charge in [0.05, 0.1) is 30.7 Å². The van der Waals surface area contributed by atoms with E-state index in [4.69, 9.17) is 22.1 Å². The van der Waals surface area contributed by atoms with E-state index in [9.17, 15) is 9.59 Å². The zero-order chi connectivity index (χ0) is 15.8. The number of hydrogen-bond acceptors (Lipinski definition) is 5. The second kappa shape index (κ2) is 8.49. The van der Waals surface area contributed by atoms with Gasteiger partial charge in [-0.3, -0.25) is 9.59 Å². The third kappa shape index (κ3) is 5.24. The summed E-state index contributed by atoms with van der Waals surface area (Å²) in [7, 11) is 2.84. The fraction of sp³-hybridized carbons (Fsp3) is 0.429. The second-order valence-electron chi connectivity index (χ2n) is 4.35. The topological polar surface area (TPSA) is 81.9 Å². The minimum atomic E-state index is -0.385. The van der Waals surface area contributed by atoms with Gasteiger partial charge in [0, 0.05) is 25.9 Å². The van der Waals surface area contributed by atoms with Crippen LogP contribution >= 0.6 is 11.6 Å². The van der Waals surface area contributed by atoms with Crippen LogP contribution in [0.4, 0.5) is 5.69 Å². The third-order valence-electron chi connectivity index (χ3n) is 2.89. The van der Waals surface area contributed by atoms with E-state index in [0.29, 0.717) is 29.4 Å². The van der Waals surface area contributed by atoms with E-state index in [2.05, 4.69) is 4.74 Å². The number of carbonyl (C=O) groups excluding carboxylic acids is 2.